The number of rotatable bonds is 6. The Morgan fingerprint density at radius 1 is 0.909 bits per heavy atom. The molecule has 2 saturated carbocycles. The van der Waals surface area contributed by atoms with E-state index in [0.717, 1.165) is 6.42 Å². The van der Waals surface area contributed by atoms with Gasteiger partial charge in [-0.1, -0.05) is 58.1 Å². The van der Waals surface area contributed by atoms with Gasteiger partial charge in [0.1, 0.15) is 0 Å². The van der Waals surface area contributed by atoms with Crippen molar-refractivity contribution < 1.29 is 13.2 Å². The maximum Gasteiger partial charge on any atom is 0.243 e. The highest BCUT2D eigenvalue weighted by Crippen LogP contribution is 2.33. The average Bonchev–Trinajstić information content (AvgIpc) is 2.83. The Balaban J connectivity index is 1.27. The number of carbonyl (C=O) groups excluding carboxylic acids is 1. The first-order valence-corrected chi connectivity index (χ1v) is 14.4. The molecule has 1 aromatic carbocycles. The lowest BCUT2D eigenvalue weighted by atomic mass is 9.78. The van der Waals surface area contributed by atoms with Gasteiger partial charge < -0.3 is 5.32 Å². The lowest BCUT2D eigenvalue weighted by Gasteiger charge is -2.36. The van der Waals surface area contributed by atoms with Crippen LogP contribution in [0.1, 0.15) is 76.7 Å². The molecule has 3 fully saturated rings. The molecule has 1 aromatic rings. The number of nitrogens with zero attached hydrogens (tertiary/aromatic N) is 2. The number of carbonyl (C=O) groups is 1. The van der Waals surface area contributed by atoms with Crippen molar-refractivity contribution in [1.29, 1.82) is 0 Å². The Kier molecular flexibility index (Phi) is 8.13. The van der Waals surface area contributed by atoms with Gasteiger partial charge >= 0.3 is 0 Å². The zero-order valence-electron chi connectivity index (χ0n) is 20.3. The maximum absolute atomic E-state index is 13.2. The molecule has 0 unspecified atom stereocenters. The molecule has 1 heterocycles. The monoisotopic (exact) mass is 475 g/mol. The van der Waals surface area contributed by atoms with E-state index in [1.807, 2.05) is 12.1 Å². The van der Waals surface area contributed by atoms with E-state index in [2.05, 4.69) is 24.1 Å². The second-order valence-electron chi connectivity index (χ2n) is 10.5. The molecule has 0 radical (unpaired) electrons. The summed E-state index contributed by atoms with van der Waals surface area (Å²) >= 11 is 0. The van der Waals surface area contributed by atoms with Crippen LogP contribution < -0.4 is 5.32 Å². The molecule has 4 rings (SSSR count). The normalized spacial score (nSPS) is 28.5. The number of amides is 1. The number of nitrogens with one attached hydrogen (secondary N) is 1. The van der Waals surface area contributed by atoms with E-state index in [1.165, 1.54) is 50.5 Å². The van der Waals surface area contributed by atoms with Gasteiger partial charge in [-0.3, -0.25) is 9.69 Å². The lowest BCUT2D eigenvalue weighted by Crippen LogP contribution is -2.52. The smallest absolute Gasteiger partial charge is 0.243 e. The minimum atomic E-state index is -3.49. The predicted molar refractivity (Wildman–Crippen MR) is 132 cm³/mol. The van der Waals surface area contributed by atoms with E-state index >= 15 is 0 Å². The molecule has 0 aromatic heterocycles. The zero-order chi connectivity index (χ0) is 23.4. The van der Waals surface area contributed by atoms with Gasteiger partial charge in [-0.25, -0.2) is 8.42 Å². The van der Waals surface area contributed by atoms with Crippen molar-refractivity contribution in [2.24, 2.45) is 11.8 Å². The Morgan fingerprint density at radius 3 is 2.24 bits per heavy atom. The van der Waals surface area contributed by atoms with Gasteiger partial charge in [-0.05, 0) is 54.7 Å². The molecule has 0 bridgehead atoms. The van der Waals surface area contributed by atoms with E-state index in [9.17, 15) is 13.2 Å². The molecule has 7 heteroatoms. The number of hydrogen-bond donors (Lipinski definition) is 1. The summed E-state index contributed by atoms with van der Waals surface area (Å²) in [6.45, 7) is 6.88. The van der Waals surface area contributed by atoms with Crippen molar-refractivity contribution >= 4 is 15.9 Å². The van der Waals surface area contributed by atoms with Crippen LogP contribution in [0.25, 0.3) is 0 Å². The first-order chi connectivity index (χ1) is 15.8. The first-order valence-electron chi connectivity index (χ1n) is 13.0. The molecule has 1 N–H and O–H groups in total. The van der Waals surface area contributed by atoms with Crippen molar-refractivity contribution in [3.8, 4) is 0 Å². The van der Waals surface area contributed by atoms with Crippen LogP contribution in [0.5, 0.6) is 0 Å². The molecule has 3 aliphatic rings. The topological polar surface area (TPSA) is 69.7 Å². The van der Waals surface area contributed by atoms with Gasteiger partial charge in [-0.2, -0.15) is 4.31 Å². The fourth-order valence-electron chi connectivity index (χ4n) is 5.87. The minimum absolute atomic E-state index is 0.0653. The van der Waals surface area contributed by atoms with Crippen LogP contribution in [-0.2, 0) is 14.8 Å². The number of benzene rings is 1. The molecule has 1 saturated heterocycles. The van der Waals surface area contributed by atoms with E-state index in [4.69, 9.17) is 0 Å². The van der Waals surface area contributed by atoms with Gasteiger partial charge in [-0.15, -0.1) is 0 Å². The maximum atomic E-state index is 13.2. The molecule has 2 aliphatic carbocycles. The first kappa shape index (κ1) is 24.7. The Hall–Kier alpha value is -1.44. The lowest BCUT2D eigenvalue weighted by molar-refractivity contribution is -0.124. The van der Waals surface area contributed by atoms with Crippen LogP contribution in [0.15, 0.2) is 29.2 Å². The summed E-state index contributed by atoms with van der Waals surface area (Å²) in [6.07, 6.45) is 9.75. The van der Waals surface area contributed by atoms with Crippen LogP contribution in [0.4, 0.5) is 0 Å². The van der Waals surface area contributed by atoms with Crippen LogP contribution in [0.3, 0.4) is 0 Å². The third-order valence-electron chi connectivity index (χ3n) is 8.35. The molecule has 0 spiro atoms. The zero-order valence-corrected chi connectivity index (χ0v) is 21.2. The van der Waals surface area contributed by atoms with Crippen LogP contribution in [0, 0.1) is 11.8 Å². The Bertz CT molecular complexity index is 888. The number of sulfonamides is 1. The minimum Gasteiger partial charge on any atom is -0.352 e. The largest absolute Gasteiger partial charge is 0.352 e. The Labute approximate surface area is 200 Å². The van der Waals surface area contributed by atoms with Crippen molar-refractivity contribution in [2.45, 2.75) is 82.1 Å². The molecule has 184 valence electrons. The van der Waals surface area contributed by atoms with Crippen molar-refractivity contribution in [3.63, 3.8) is 0 Å². The van der Waals surface area contributed by atoms with E-state index in [-0.39, 0.29) is 11.9 Å². The summed E-state index contributed by atoms with van der Waals surface area (Å²) in [5.41, 5.74) is 1.27. The van der Waals surface area contributed by atoms with Gasteiger partial charge in [0.15, 0.2) is 0 Å². The predicted octanol–water partition coefficient (Wildman–Crippen LogP) is 3.98. The van der Waals surface area contributed by atoms with Gasteiger partial charge in [0, 0.05) is 32.2 Å². The number of hydrogen-bond acceptors (Lipinski definition) is 4. The summed E-state index contributed by atoms with van der Waals surface area (Å²) in [4.78, 5) is 15.1. The average molecular weight is 476 g/mol. The van der Waals surface area contributed by atoms with Crippen LogP contribution >= 0.6 is 0 Å². The molecular formula is C26H41N3O3S. The number of piperazine rings is 1. The van der Waals surface area contributed by atoms with Crippen molar-refractivity contribution in [1.82, 2.24) is 14.5 Å². The van der Waals surface area contributed by atoms with Crippen LogP contribution in [0.2, 0.25) is 0 Å². The highest BCUT2D eigenvalue weighted by molar-refractivity contribution is 7.89. The Morgan fingerprint density at radius 2 is 1.58 bits per heavy atom. The van der Waals surface area contributed by atoms with Crippen LogP contribution in [-0.4, -0.2) is 62.3 Å². The highest BCUT2D eigenvalue weighted by Gasteiger charge is 2.31. The van der Waals surface area contributed by atoms with E-state index in [1.54, 1.807) is 16.4 Å². The van der Waals surface area contributed by atoms with Crippen molar-refractivity contribution in [3.05, 3.63) is 29.8 Å². The summed E-state index contributed by atoms with van der Waals surface area (Å²) in [5.74, 6) is 1.80. The van der Waals surface area contributed by atoms with Gasteiger partial charge in [0.05, 0.1) is 11.4 Å². The summed E-state index contributed by atoms with van der Waals surface area (Å²) < 4.78 is 27.9. The molecule has 3 atom stereocenters. The summed E-state index contributed by atoms with van der Waals surface area (Å²) in [5, 5.41) is 3.23. The van der Waals surface area contributed by atoms with E-state index in [0.29, 0.717) is 55.4 Å². The van der Waals surface area contributed by atoms with Crippen molar-refractivity contribution in [2.75, 3.05) is 32.7 Å². The molecule has 33 heavy (non-hydrogen) atoms. The summed E-state index contributed by atoms with van der Waals surface area (Å²) in [6, 6.07) is 7.85. The van der Waals surface area contributed by atoms with Gasteiger partial charge in [0.2, 0.25) is 15.9 Å². The third kappa shape index (κ3) is 5.98. The SMILES string of the molecule is C[C@H]1[C@@H](NC(=O)CN2CCN(S(=O)(=O)c3ccc(C4CCCCC4)cc3)CC2)CCC[C@@H]1C. The highest BCUT2D eigenvalue weighted by atomic mass is 32.2. The fourth-order valence-corrected chi connectivity index (χ4v) is 7.29. The quantitative estimate of drug-likeness (QED) is 0.676. The summed E-state index contributed by atoms with van der Waals surface area (Å²) in [7, 11) is -3.49. The second kappa shape index (κ2) is 10.9. The molecule has 1 aliphatic heterocycles. The molecule has 6 nitrogen and oxygen atoms in total. The molecule has 1 amide bonds. The standard InChI is InChI=1S/C26H41N3O3S/c1-20-7-6-10-25(21(20)2)27-26(30)19-28-15-17-29(18-16-28)33(31,32)24-13-11-23(12-14-24)22-8-4-3-5-9-22/h11-14,20-22,25H,3-10,15-19H2,1-2H3,(H,27,30)/t20-,21+,25-/m0/s1. The fraction of sp³-hybridized carbons (Fsp3) is 0.731. The third-order valence-corrected chi connectivity index (χ3v) is 10.3. The molecular weight excluding hydrogens is 434 g/mol. The second-order valence-corrected chi connectivity index (χ2v) is 12.5. The van der Waals surface area contributed by atoms with Gasteiger partial charge in [0.25, 0.3) is 0 Å². The van der Waals surface area contributed by atoms with E-state index < -0.39 is 10.0 Å².